The van der Waals surface area contributed by atoms with Crippen LogP contribution in [0.3, 0.4) is 0 Å². The van der Waals surface area contributed by atoms with Crippen LogP contribution in [0.25, 0.3) is 0 Å². The zero-order valence-electron chi connectivity index (χ0n) is 11.1. The van der Waals surface area contributed by atoms with E-state index in [1.165, 1.54) is 11.1 Å². The fourth-order valence-electron chi connectivity index (χ4n) is 1.71. The average Bonchev–Trinajstić information content (AvgIpc) is 2.32. The number of rotatable bonds is 5. The van der Waals surface area contributed by atoms with Crippen molar-refractivity contribution in [2.45, 2.75) is 46.0 Å². The quantitative estimate of drug-likeness (QED) is 0.633. The van der Waals surface area contributed by atoms with Gasteiger partial charge in [0, 0.05) is 18.4 Å². The lowest BCUT2D eigenvalue weighted by atomic mass is 10.0. The molecule has 0 aliphatic heterocycles. The molecule has 1 N–H and O–H groups in total. The number of carboxylic acid groups (broad SMARTS) is 1. The van der Waals surface area contributed by atoms with E-state index in [0.29, 0.717) is 0 Å². The molecular formula is C16H20O2. The van der Waals surface area contributed by atoms with E-state index in [1.54, 1.807) is 0 Å². The molecule has 0 bridgehead atoms. The van der Waals surface area contributed by atoms with Crippen molar-refractivity contribution in [1.82, 2.24) is 0 Å². The first-order valence-electron chi connectivity index (χ1n) is 6.38. The Morgan fingerprint density at radius 1 is 1.22 bits per heavy atom. The molecule has 0 aromatic heterocycles. The Bertz CT molecular complexity index is 464. The average molecular weight is 244 g/mol. The maximum Gasteiger partial charge on any atom is 0.303 e. The van der Waals surface area contributed by atoms with E-state index in [9.17, 15) is 4.79 Å². The smallest absolute Gasteiger partial charge is 0.303 e. The van der Waals surface area contributed by atoms with Crippen LogP contribution in [0.4, 0.5) is 0 Å². The number of aryl methyl sites for hydroxylation is 1. The second-order valence-electron chi connectivity index (χ2n) is 4.50. The molecule has 0 aliphatic carbocycles. The first kappa shape index (κ1) is 14.3. The third kappa shape index (κ3) is 5.05. The lowest BCUT2D eigenvalue weighted by Gasteiger charge is -2.01. The Kier molecular flexibility index (Phi) is 6.00. The minimum atomic E-state index is -0.712. The normalized spacial score (nSPS) is 9.67. The molecule has 0 atom stereocenters. The fourth-order valence-corrected chi connectivity index (χ4v) is 1.71. The summed E-state index contributed by atoms with van der Waals surface area (Å²) in [4.78, 5) is 10.3. The molecule has 0 fully saturated rings. The van der Waals surface area contributed by atoms with Gasteiger partial charge in [-0.2, -0.15) is 0 Å². The largest absolute Gasteiger partial charge is 0.481 e. The molecule has 0 amide bonds. The van der Waals surface area contributed by atoms with E-state index in [0.717, 1.165) is 31.2 Å². The molecular weight excluding hydrogens is 224 g/mol. The summed E-state index contributed by atoms with van der Waals surface area (Å²) >= 11 is 0. The van der Waals surface area contributed by atoms with Gasteiger partial charge in [-0.3, -0.25) is 4.79 Å². The van der Waals surface area contributed by atoms with Crippen molar-refractivity contribution >= 4 is 5.97 Å². The van der Waals surface area contributed by atoms with Crippen molar-refractivity contribution in [3.05, 3.63) is 34.9 Å². The lowest BCUT2D eigenvalue weighted by Crippen LogP contribution is -1.93. The zero-order valence-corrected chi connectivity index (χ0v) is 11.1. The number of carboxylic acids is 1. The summed E-state index contributed by atoms with van der Waals surface area (Å²) in [6, 6.07) is 6.16. The molecule has 1 aromatic rings. The molecule has 0 spiro atoms. The van der Waals surface area contributed by atoms with Gasteiger partial charge in [-0.25, -0.2) is 0 Å². The van der Waals surface area contributed by atoms with Gasteiger partial charge in [0.1, 0.15) is 0 Å². The van der Waals surface area contributed by atoms with Gasteiger partial charge in [0.05, 0.1) is 0 Å². The van der Waals surface area contributed by atoms with E-state index in [4.69, 9.17) is 5.11 Å². The van der Waals surface area contributed by atoms with Crippen LogP contribution in [0.2, 0.25) is 0 Å². The number of carbonyl (C=O) groups is 1. The SMILES string of the molecule is Cc1cccc(C#CCCCCCC(=O)O)c1C. The van der Waals surface area contributed by atoms with Crippen molar-refractivity contribution in [2.75, 3.05) is 0 Å². The van der Waals surface area contributed by atoms with E-state index in [-0.39, 0.29) is 6.42 Å². The van der Waals surface area contributed by atoms with Gasteiger partial charge in [-0.05, 0) is 43.9 Å². The van der Waals surface area contributed by atoms with Gasteiger partial charge < -0.3 is 5.11 Å². The second-order valence-corrected chi connectivity index (χ2v) is 4.50. The van der Waals surface area contributed by atoms with Crippen LogP contribution in [-0.2, 0) is 4.79 Å². The molecule has 2 heteroatoms. The lowest BCUT2D eigenvalue weighted by molar-refractivity contribution is -0.137. The number of hydrogen-bond donors (Lipinski definition) is 1. The Labute approximate surface area is 109 Å². The number of unbranched alkanes of at least 4 members (excludes halogenated alkanes) is 3. The van der Waals surface area contributed by atoms with Crippen LogP contribution in [-0.4, -0.2) is 11.1 Å². The standard InChI is InChI=1S/C16H20O2/c1-13-9-8-11-15(14(13)2)10-6-4-3-5-7-12-16(17)18/h8-9,11H,3-5,7,12H2,1-2H3,(H,17,18). The van der Waals surface area contributed by atoms with E-state index >= 15 is 0 Å². The van der Waals surface area contributed by atoms with Gasteiger partial charge >= 0.3 is 5.97 Å². The van der Waals surface area contributed by atoms with Gasteiger partial charge in [0.2, 0.25) is 0 Å². The molecule has 0 saturated heterocycles. The van der Waals surface area contributed by atoms with Crippen molar-refractivity contribution in [3.63, 3.8) is 0 Å². The van der Waals surface area contributed by atoms with E-state index in [2.05, 4.69) is 31.8 Å². The highest BCUT2D eigenvalue weighted by Crippen LogP contribution is 2.11. The molecule has 1 rings (SSSR count). The van der Waals surface area contributed by atoms with Crippen LogP contribution in [0.5, 0.6) is 0 Å². The minimum absolute atomic E-state index is 0.268. The topological polar surface area (TPSA) is 37.3 Å². The summed E-state index contributed by atoms with van der Waals surface area (Å²) in [6.07, 6.45) is 3.77. The molecule has 0 saturated carbocycles. The van der Waals surface area contributed by atoms with Crippen molar-refractivity contribution in [1.29, 1.82) is 0 Å². The Hall–Kier alpha value is -1.75. The number of benzene rings is 1. The summed E-state index contributed by atoms with van der Waals surface area (Å²) in [7, 11) is 0. The highest BCUT2D eigenvalue weighted by atomic mass is 16.4. The van der Waals surface area contributed by atoms with Gasteiger partial charge in [-0.1, -0.05) is 30.4 Å². The predicted octanol–water partition coefficient (Wildman–Crippen LogP) is 3.69. The van der Waals surface area contributed by atoms with Crippen LogP contribution in [0.15, 0.2) is 18.2 Å². The number of aliphatic carboxylic acids is 1. The maximum atomic E-state index is 10.3. The van der Waals surface area contributed by atoms with E-state index < -0.39 is 5.97 Å². The van der Waals surface area contributed by atoms with Crippen molar-refractivity contribution < 1.29 is 9.90 Å². The molecule has 1 aromatic carbocycles. The monoisotopic (exact) mass is 244 g/mol. The van der Waals surface area contributed by atoms with Crippen LogP contribution in [0.1, 0.15) is 48.8 Å². The summed E-state index contributed by atoms with van der Waals surface area (Å²) in [5, 5.41) is 8.49. The third-order valence-electron chi connectivity index (χ3n) is 3.02. The molecule has 2 nitrogen and oxygen atoms in total. The number of hydrogen-bond acceptors (Lipinski definition) is 1. The summed E-state index contributed by atoms with van der Waals surface area (Å²) in [5.41, 5.74) is 3.61. The predicted molar refractivity (Wildman–Crippen MR) is 73.5 cm³/mol. The summed E-state index contributed by atoms with van der Waals surface area (Å²) in [6.45, 7) is 4.18. The molecule has 0 radical (unpaired) electrons. The molecule has 0 aliphatic rings. The van der Waals surface area contributed by atoms with E-state index in [1.807, 2.05) is 12.1 Å². The van der Waals surface area contributed by atoms with Crippen LogP contribution < -0.4 is 0 Å². The highest BCUT2D eigenvalue weighted by Gasteiger charge is 1.97. The van der Waals surface area contributed by atoms with Crippen molar-refractivity contribution in [3.8, 4) is 11.8 Å². The summed E-state index contributed by atoms with van der Waals surface area (Å²) < 4.78 is 0. The van der Waals surface area contributed by atoms with Crippen molar-refractivity contribution in [2.24, 2.45) is 0 Å². The first-order chi connectivity index (χ1) is 8.61. The van der Waals surface area contributed by atoms with Gasteiger partial charge in [0.25, 0.3) is 0 Å². The van der Waals surface area contributed by atoms with Crippen LogP contribution in [0, 0.1) is 25.7 Å². The molecule has 96 valence electrons. The van der Waals surface area contributed by atoms with Gasteiger partial charge in [-0.15, -0.1) is 0 Å². The third-order valence-corrected chi connectivity index (χ3v) is 3.02. The van der Waals surface area contributed by atoms with Gasteiger partial charge in [0.15, 0.2) is 0 Å². The first-order valence-corrected chi connectivity index (χ1v) is 6.38. The molecule has 0 heterocycles. The second kappa shape index (κ2) is 7.55. The Balaban J connectivity index is 2.33. The Morgan fingerprint density at radius 2 is 2.00 bits per heavy atom. The van der Waals surface area contributed by atoms with Crippen LogP contribution >= 0.6 is 0 Å². The molecule has 0 unspecified atom stereocenters. The molecule has 18 heavy (non-hydrogen) atoms. The maximum absolute atomic E-state index is 10.3. The highest BCUT2D eigenvalue weighted by molar-refractivity contribution is 5.66. The Morgan fingerprint density at radius 3 is 2.72 bits per heavy atom. The minimum Gasteiger partial charge on any atom is -0.481 e. The fraction of sp³-hybridized carbons (Fsp3) is 0.438. The summed E-state index contributed by atoms with van der Waals surface area (Å²) in [5.74, 6) is 5.64. The zero-order chi connectivity index (χ0) is 13.4.